The fourth-order valence-corrected chi connectivity index (χ4v) is 2.19. The van der Waals surface area contributed by atoms with Crippen LogP contribution in [0.1, 0.15) is 43.6 Å². The average molecular weight is 284 g/mol. The summed E-state index contributed by atoms with van der Waals surface area (Å²) in [4.78, 5) is 0. The Morgan fingerprint density at radius 2 is 1.62 bits per heavy atom. The number of rotatable bonds is 4. The number of benzene rings is 2. The van der Waals surface area contributed by atoms with Gasteiger partial charge in [-0.1, -0.05) is 63.2 Å². The van der Waals surface area contributed by atoms with Gasteiger partial charge in [0, 0.05) is 0 Å². The van der Waals surface area contributed by atoms with Gasteiger partial charge in [-0.15, -0.1) is 0 Å². The molecule has 0 fully saturated rings. The molecule has 0 heterocycles. The van der Waals surface area contributed by atoms with Crippen LogP contribution < -0.4 is 4.74 Å². The van der Waals surface area contributed by atoms with Gasteiger partial charge in [-0.05, 0) is 35.1 Å². The highest BCUT2D eigenvalue weighted by Crippen LogP contribution is 2.24. The lowest BCUT2D eigenvalue weighted by Crippen LogP contribution is -2.13. The zero-order valence-corrected chi connectivity index (χ0v) is 13.3. The van der Waals surface area contributed by atoms with Gasteiger partial charge in [0.15, 0.2) is 0 Å². The van der Waals surface area contributed by atoms with Gasteiger partial charge in [0.25, 0.3) is 0 Å². The van der Waals surface area contributed by atoms with Crippen molar-refractivity contribution in [2.24, 2.45) is 0 Å². The lowest BCUT2D eigenvalue weighted by molar-refractivity contribution is 0.108. The van der Waals surface area contributed by atoms with Crippen molar-refractivity contribution in [3.05, 3.63) is 65.2 Å². The van der Waals surface area contributed by atoms with Crippen molar-refractivity contribution in [3.63, 3.8) is 0 Å². The van der Waals surface area contributed by atoms with E-state index in [9.17, 15) is 5.11 Å². The second kappa shape index (κ2) is 6.31. The summed E-state index contributed by atoms with van der Waals surface area (Å²) >= 11 is 0. The molecule has 2 aromatic rings. The Hall–Kier alpha value is -1.80. The predicted octanol–water partition coefficient (Wildman–Crippen LogP) is 4.40. The van der Waals surface area contributed by atoms with E-state index in [1.54, 1.807) is 0 Å². The van der Waals surface area contributed by atoms with Crippen LogP contribution in [0.25, 0.3) is 0 Å². The van der Waals surface area contributed by atoms with Gasteiger partial charge < -0.3 is 9.84 Å². The monoisotopic (exact) mass is 284 g/mol. The van der Waals surface area contributed by atoms with E-state index < -0.39 is 6.10 Å². The Bertz CT molecular complexity index is 579. The maximum Gasteiger partial charge on any atom is 0.122 e. The third kappa shape index (κ3) is 4.08. The molecule has 0 aliphatic heterocycles. The minimum Gasteiger partial charge on any atom is -0.490 e. The van der Waals surface area contributed by atoms with E-state index in [0.29, 0.717) is 0 Å². The Morgan fingerprint density at radius 3 is 2.19 bits per heavy atom. The molecule has 0 aromatic heterocycles. The van der Waals surface area contributed by atoms with Crippen LogP contribution >= 0.6 is 0 Å². The number of hydrogen-bond acceptors (Lipinski definition) is 2. The summed E-state index contributed by atoms with van der Waals surface area (Å²) in [5, 5.41) is 10.2. The molecule has 0 aliphatic rings. The molecule has 0 bridgehead atoms. The smallest absolute Gasteiger partial charge is 0.122 e. The first-order valence-corrected chi connectivity index (χ1v) is 7.35. The largest absolute Gasteiger partial charge is 0.490 e. The summed E-state index contributed by atoms with van der Waals surface area (Å²) in [6.07, 6.45) is -0.612. The summed E-state index contributed by atoms with van der Waals surface area (Å²) in [5.41, 5.74) is 3.35. The maximum atomic E-state index is 10.2. The zero-order valence-electron chi connectivity index (χ0n) is 13.3. The van der Waals surface area contributed by atoms with Crippen LogP contribution in [0, 0.1) is 6.92 Å². The Labute approximate surface area is 127 Å². The predicted molar refractivity (Wildman–Crippen MR) is 86.8 cm³/mol. The number of para-hydroxylation sites is 1. The summed E-state index contributed by atoms with van der Waals surface area (Å²) in [6, 6.07) is 15.9. The molecular formula is C19H24O2. The fourth-order valence-electron chi connectivity index (χ4n) is 2.19. The molecule has 0 saturated heterocycles. The van der Waals surface area contributed by atoms with Gasteiger partial charge in [0.1, 0.15) is 18.5 Å². The van der Waals surface area contributed by atoms with E-state index >= 15 is 0 Å². The normalized spacial score (nSPS) is 13.0. The third-order valence-electron chi connectivity index (χ3n) is 3.65. The molecule has 1 atom stereocenters. The molecule has 21 heavy (non-hydrogen) atoms. The van der Waals surface area contributed by atoms with Crippen molar-refractivity contribution in [1.29, 1.82) is 0 Å². The first kappa shape index (κ1) is 15.6. The lowest BCUT2D eigenvalue weighted by atomic mass is 9.86. The van der Waals surface area contributed by atoms with E-state index in [1.165, 1.54) is 5.56 Å². The summed E-state index contributed by atoms with van der Waals surface area (Å²) in [6.45, 7) is 8.80. The van der Waals surface area contributed by atoms with Crippen molar-refractivity contribution in [2.75, 3.05) is 6.61 Å². The molecule has 2 nitrogen and oxygen atoms in total. The van der Waals surface area contributed by atoms with E-state index in [0.717, 1.165) is 16.9 Å². The highest BCUT2D eigenvalue weighted by Gasteiger charge is 2.15. The van der Waals surface area contributed by atoms with Gasteiger partial charge in [-0.2, -0.15) is 0 Å². The molecule has 1 unspecified atom stereocenters. The molecular weight excluding hydrogens is 260 g/mol. The fraction of sp³-hybridized carbons (Fsp3) is 0.368. The molecule has 0 aliphatic carbocycles. The van der Waals surface area contributed by atoms with Crippen molar-refractivity contribution in [1.82, 2.24) is 0 Å². The molecule has 1 N–H and O–H groups in total. The molecule has 2 aromatic carbocycles. The zero-order chi connectivity index (χ0) is 15.5. The SMILES string of the molecule is Cc1ccccc1OCC(O)c1ccc(C(C)(C)C)cc1. The topological polar surface area (TPSA) is 29.5 Å². The second-order valence-corrected chi connectivity index (χ2v) is 6.46. The Kier molecular flexibility index (Phi) is 4.69. The summed E-state index contributed by atoms with van der Waals surface area (Å²) in [7, 11) is 0. The average Bonchev–Trinajstić information content (AvgIpc) is 2.45. The third-order valence-corrected chi connectivity index (χ3v) is 3.65. The second-order valence-electron chi connectivity index (χ2n) is 6.46. The number of ether oxygens (including phenoxy) is 1. The standard InChI is InChI=1S/C19H24O2/c1-14-7-5-6-8-18(14)21-13-17(20)15-9-11-16(12-10-15)19(2,3)4/h5-12,17,20H,13H2,1-4H3. The highest BCUT2D eigenvalue weighted by atomic mass is 16.5. The van der Waals surface area contributed by atoms with Gasteiger partial charge in [-0.3, -0.25) is 0 Å². The van der Waals surface area contributed by atoms with Crippen molar-refractivity contribution in [2.45, 2.75) is 39.2 Å². The molecule has 2 heteroatoms. The van der Waals surface area contributed by atoms with Crippen molar-refractivity contribution in [3.8, 4) is 5.75 Å². The van der Waals surface area contributed by atoms with Crippen LogP contribution in [0.4, 0.5) is 0 Å². The van der Waals surface area contributed by atoms with Crippen LogP contribution in [0.3, 0.4) is 0 Å². The maximum absolute atomic E-state index is 10.2. The first-order chi connectivity index (χ1) is 9.88. The minimum atomic E-state index is -0.612. The van der Waals surface area contributed by atoms with Gasteiger partial charge >= 0.3 is 0 Å². The molecule has 0 amide bonds. The van der Waals surface area contributed by atoms with E-state index in [-0.39, 0.29) is 12.0 Å². The Morgan fingerprint density at radius 1 is 1.00 bits per heavy atom. The van der Waals surface area contributed by atoms with Crippen LogP contribution in [-0.4, -0.2) is 11.7 Å². The molecule has 0 saturated carbocycles. The van der Waals surface area contributed by atoms with Gasteiger partial charge in [0.05, 0.1) is 0 Å². The first-order valence-electron chi connectivity index (χ1n) is 7.35. The van der Waals surface area contributed by atoms with Gasteiger partial charge in [-0.25, -0.2) is 0 Å². The van der Waals surface area contributed by atoms with E-state index in [4.69, 9.17) is 4.74 Å². The summed E-state index contributed by atoms with van der Waals surface area (Å²) < 4.78 is 5.70. The van der Waals surface area contributed by atoms with Gasteiger partial charge in [0.2, 0.25) is 0 Å². The van der Waals surface area contributed by atoms with E-state index in [1.807, 2.05) is 43.3 Å². The van der Waals surface area contributed by atoms with Crippen molar-refractivity contribution >= 4 is 0 Å². The highest BCUT2D eigenvalue weighted by molar-refractivity contribution is 5.32. The number of aliphatic hydroxyl groups excluding tert-OH is 1. The molecule has 0 spiro atoms. The summed E-state index contributed by atoms with van der Waals surface area (Å²) in [5.74, 6) is 0.822. The Balaban J connectivity index is 2.01. The van der Waals surface area contributed by atoms with Crippen LogP contribution in [0.15, 0.2) is 48.5 Å². The number of aliphatic hydroxyl groups is 1. The van der Waals surface area contributed by atoms with Crippen LogP contribution in [0.2, 0.25) is 0 Å². The van der Waals surface area contributed by atoms with Crippen LogP contribution in [-0.2, 0) is 5.41 Å². The molecule has 112 valence electrons. The molecule has 2 rings (SSSR count). The minimum absolute atomic E-state index is 0.126. The molecule has 0 radical (unpaired) electrons. The number of hydrogen-bond donors (Lipinski definition) is 1. The lowest BCUT2D eigenvalue weighted by Gasteiger charge is -2.20. The number of aryl methyl sites for hydroxylation is 1. The van der Waals surface area contributed by atoms with Crippen LogP contribution in [0.5, 0.6) is 5.75 Å². The van der Waals surface area contributed by atoms with E-state index in [2.05, 4.69) is 32.9 Å². The van der Waals surface area contributed by atoms with Crippen molar-refractivity contribution < 1.29 is 9.84 Å². The quantitative estimate of drug-likeness (QED) is 0.901.